The summed E-state index contributed by atoms with van der Waals surface area (Å²) in [5.41, 5.74) is 0. The molecule has 0 bridgehead atoms. The molecule has 3 atom stereocenters. The molecule has 0 aromatic rings. The van der Waals surface area contributed by atoms with Gasteiger partial charge in [-0.15, -0.1) is 11.6 Å². The molecule has 0 heterocycles. The minimum absolute atomic E-state index is 0.363. The second kappa shape index (κ2) is 6.68. The first-order valence-corrected chi connectivity index (χ1v) is 6.55. The van der Waals surface area contributed by atoms with E-state index in [-0.39, 0.29) is 0 Å². The third kappa shape index (κ3) is 4.18. The van der Waals surface area contributed by atoms with Gasteiger partial charge in [-0.1, -0.05) is 39.5 Å². The van der Waals surface area contributed by atoms with Crippen molar-refractivity contribution in [3.8, 4) is 0 Å². The molecule has 0 radical (unpaired) electrons. The van der Waals surface area contributed by atoms with E-state index in [1.807, 2.05) is 0 Å². The summed E-state index contributed by atoms with van der Waals surface area (Å²) < 4.78 is 0. The van der Waals surface area contributed by atoms with Crippen molar-refractivity contribution in [1.82, 2.24) is 5.32 Å². The highest BCUT2D eigenvalue weighted by Crippen LogP contribution is 2.22. The lowest BCUT2D eigenvalue weighted by Gasteiger charge is -2.23. The Morgan fingerprint density at radius 1 is 1.29 bits per heavy atom. The van der Waals surface area contributed by atoms with Gasteiger partial charge in [-0.3, -0.25) is 0 Å². The van der Waals surface area contributed by atoms with E-state index >= 15 is 0 Å². The third-order valence-electron chi connectivity index (χ3n) is 3.36. The van der Waals surface area contributed by atoms with Gasteiger partial charge in [0.15, 0.2) is 0 Å². The van der Waals surface area contributed by atoms with Crippen LogP contribution in [0.4, 0.5) is 0 Å². The first-order chi connectivity index (χ1) is 6.74. The van der Waals surface area contributed by atoms with E-state index in [1.54, 1.807) is 0 Å². The van der Waals surface area contributed by atoms with E-state index in [4.69, 9.17) is 11.6 Å². The summed E-state index contributed by atoms with van der Waals surface area (Å²) in [4.78, 5) is 0. The van der Waals surface area contributed by atoms with Gasteiger partial charge in [0.1, 0.15) is 0 Å². The Morgan fingerprint density at radius 2 is 2.00 bits per heavy atom. The maximum Gasteiger partial charge on any atom is 0.0489 e. The van der Waals surface area contributed by atoms with Crippen LogP contribution in [-0.4, -0.2) is 18.0 Å². The summed E-state index contributed by atoms with van der Waals surface area (Å²) in [6, 6.07) is 0.563. The van der Waals surface area contributed by atoms with Crippen LogP contribution < -0.4 is 5.32 Å². The van der Waals surface area contributed by atoms with Crippen molar-refractivity contribution in [3.63, 3.8) is 0 Å². The van der Waals surface area contributed by atoms with Gasteiger partial charge in [-0.2, -0.15) is 0 Å². The topological polar surface area (TPSA) is 12.0 Å². The zero-order valence-electron chi connectivity index (χ0n) is 9.56. The number of rotatable bonds is 4. The van der Waals surface area contributed by atoms with Crippen molar-refractivity contribution in [1.29, 1.82) is 0 Å². The Labute approximate surface area is 93.6 Å². The molecule has 0 spiro atoms. The summed E-state index contributed by atoms with van der Waals surface area (Å²) in [7, 11) is 0. The highest BCUT2D eigenvalue weighted by atomic mass is 35.5. The summed E-state index contributed by atoms with van der Waals surface area (Å²) in [5, 5.41) is 3.99. The molecule has 1 fully saturated rings. The van der Waals surface area contributed by atoms with Crippen molar-refractivity contribution in [2.75, 3.05) is 6.54 Å². The van der Waals surface area contributed by atoms with E-state index in [0.29, 0.717) is 11.4 Å². The highest BCUT2D eigenvalue weighted by Gasteiger charge is 2.21. The minimum Gasteiger partial charge on any atom is -0.312 e. The molecule has 0 amide bonds. The van der Waals surface area contributed by atoms with Crippen molar-refractivity contribution in [3.05, 3.63) is 0 Å². The van der Waals surface area contributed by atoms with Gasteiger partial charge in [-0.05, 0) is 25.3 Å². The van der Waals surface area contributed by atoms with Gasteiger partial charge in [0.2, 0.25) is 0 Å². The molecule has 1 aliphatic carbocycles. The average molecular weight is 218 g/mol. The van der Waals surface area contributed by atoms with Crippen LogP contribution in [-0.2, 0) is 0 Å². The first kappa shape index (κ1) is 12.3. The van der Waals surface area contributed by atoms with Crippen LogP contribution in [0.3, 0.4) is 0 Å². The Kier molecular flexibility index (Phi) is 5.88. The average Bonchev–Trinajstić information content (AvgIpc) is 2.39. The molecule has 0 aromatic carbocycles. The molecule has 0 saturated heterocycles. The predicted molar refractivity (Wildman–Crippen MR) is 64.0 cm³/mol. The molecule has 1 saturated carbocycles. The number of hydrogen-bond acceptors (Lipinski definition) is 1. The van der Waals surface area contributed by atoms with Crippen LogP contribution in [0.25, 0.3) is 0 Å². The minimum atomic E-state index is 0.363. The van der Waals surface area contributed by atoms with Crippen molar-refractivity contribution in [2.24, 2.45) is 5.92 Å². The van der Waals surface area contributed by atoms with Gasteiger partial charge < -0.3 is 5.32 Å². The summed E-state index contributed by atoms with van der Waals surface area (Å²) in [6.45, 7) is 5.68. The second-order valence-electron chi connectivity index (χ2n) is 4.68. The van der Waals surface area contributed by atoms with Gasteiger partial charge in [-0.25, -0.2) is 0 Å². The lowest BCUT2D eigenvalue weighted by Crippen LogP contribution is -2.38. The molecule has 1 rings (SSSR count). The number of alkyl halides is 1. The van der Waals surface area contributed by atoms with Crippen molar-refractivity contribution >= 4 is 11.6 Å². The Morgan fingerprint density at radius 3 is 2.71 bits per heavy atom. The van der Waals surface area contributed by atoms with E-state index in [0.717, 1.165) is 12.5 Å². The Bertz CT molecular complexity index is 149. The molecular weight excluding hydrogens is 194 g/mol. The molecule has 1 nitrogen and oxygen atoms in total. The van der Waals surface area contributed by atoms with Crippen molar-refractivity contribution < 1.29 is 0 Å². The molecule has 84 valence electrons. The summed E-state index contributed by atoms with van der Waals surface area (Å²) >= 11 is 6.35. The molecule has 14 heavy (non-hydrogen) atoms. The standard InChI is InChI=1S/C12H24ClN/c1-3-10(2)9-14-12-8-6-4-5-7-11(12)13/h10-12,14H,3-9H2,1-2H3. The van der Waals surface area contributed by atoms with Crippen LogP contribution in [0.15, 0.2) is 0 Å². The van der Waals surface area contributed by atoms with Gasteiger partial charge in [0.25, 0.3) is 0 Å². The maximum atomic E-state index is 6.35. The monoisotopic (exact) mass is 217 g/mol. The molecule has 0 aliphatic heterocycles. The molecule has 3 unspecified atom stereocenters. The van der Waals surface area contributed by atoms with Gasteiger partial charge in [0, 0.05) is 11.4 Å². The highest BCUT2D eigenvalue weighted by molar-refractivity contribution is 6.21. The van der Waals surface area contributed by atoms with Crippen LogP contribution in [0.1, 0.15) is 52.4 Å². The van der Waals surface area contributed by atoms with Crippen LogP contribution in [0.5, 0.6) is 0 Å². The maximum absolute atomic E-state index is 6.35. The van der Waals surface area contributed by atoms with Crippen molar-refractivity contribution in [2.45, 2.75) is 63.8 Å². The third-order valence-corrected chi connectivity index (χ3v) is 3.88. The molecule has 0 aromatic heterocycles. The Hall–Kier alpha value is 0.250. The lowest BCUT2D eigenvalue weighted by molar-refractivity contribution is 0.411. The molecule has 2 heteroatoms. The lowest BCUT2D eigenvalue weighted by atomic mass is 10.1. The van der Waals surface area contributed by atoms with Gasteiger partial charge >= 0.3 is 0 Å². The summed E-state index contributed by atoms with van der Waals surface area (Å²) in [6.07, 6.45) is 7.75. The first-order valence-electron chi connectivity index (χ1n) is 6.11. The van der Waals surface area contributed by atoms with E-state index in [9.17, 15) is 0 Å². The zero-order chi connectivity index (χ0) is 10.4. The number of halogens is 1. The van der Waals surface area contributed by atoms with Crippen LogP contribution in [0.2, 0.25) is 0 Å². The fourth-order valence-corrected chi connectivity index (χ4v) is 2.36. The van der Waals surface area contributed by atoms with Crippen LogP contribution >= 0.6 is 11.6 Å². The zero-order valence-corrected chi connectivity index (χ0v) is 10.3. The van der Waals surface area contributed by atoms with Crippen LogP contribution in [0, 0.1) is 5.92 Å². The molecular formula is C12H24ClN. The SMILES string of the molecule is CCC(C)CNC1CCCCCC1Cl. The van der Waals surface area contributed by atoms with E-state index in [2.05, 4.69) is 19.2 Å². The smallest absolute Gasteiger partial charge is 0.0489 e. The van der Waals surface area contributed by atoms with E-state index in [1.165, 1.54) is 38.5 Å². The van der Waals surface area contributed by atoms with E-state index < -0.39 is 0 Å². The second-order valence-corrected chi connectivity index (χ2v) is 5.24. The molecule has 1 aliphatic rings. The molecule has 1 N–H and O–H groups in total. The number of hydrogen-bond donors (Lipinski definition) is 1. The number of nitrogens with one attached hydrogen (secondary N) is 1. The van der Waals surface area contributed by atoms with Gasteiger partial charge in [0.05, 0.1) is 0 Å². The summed E-state index contributed by atoms with van der Waals surface area (Å²) in [5.74, 6) is 0.780. The predicted octanol–water partition coefficient (Wildman–Crippen LogP) is 3.56. The fourth-order valence-electron chi connectivity index (χ4n) is 1.99. The Balaban J connectivity index is 2.26. The fraction of sp³-hybridized carbons (Fsp3) is 1.00. The normalized spacial score (nSPS) is 31.1. The quantitative estimate of drug-likeness (QED) is 0.561. The largest absolute Gasteiger partial charge is 0.312 e.